The second kappa shape index (κ2) is 9.36. The number of hydrogen-bond acceptors (Lipinski definition) is 6. The molecule has 0 radical (unpaired) electrons. The Morgan fingerprint density at radius 1 is 1.13 bits per heavy atom. The van der Waals surface area contributed by atoms with E-state index in [9.17, 15) is 17.6 Å². The number of nitrogens with zero attached hydrogens (tertiary/aromatic N) is 2. The maximum atomic E-state index is 13.1. The number of carbonyl (C=O) groups is 1. The first-order chi connectivity index (χ1) is 14.8. The van der Waals surface area contributed by atoms with Crippen molar-refractivity contribution in [2.45, 2.75) is 4.90 Å². The molecule has 0 spiro atoms. The summed E-state index contributed by atoms with van der Waals surface area (Å²) in [6.45, 7) is 3.69. The summed E-state index contributed by atoms with van der Waals surface area (Å²) < 4.78 is 52.7. The first-order valence-corrected chi connectivity index (χ1v) is 11.2. The molecule has 1 amide bonds. The van der Waals surface area contributed by atoms with E-state index in [0.29, 0.717) is 17.1 Å². The summed E-state index contributed by atoms with van der Waals surface area (Å²) in [6.07, 6.45) is 3.08. The third kappa shape index (κ3) is 4.97. The van der Waals surface area contributed by atoms with E-state index in [2.05, 4.69) is 11.0 Å². The van der Waals surface area contributed by atoms with Crippen LogP contribution in [-0.2, 0) is 14.8 Å². The maximum absolute atomic E-state index is 13.1. The van der Waals surface area contributed by atoms with E-state index < -0.39 is 21.7 Å². The molecule has 162 valence electrons. The van der Waals surface area contributed by atoms with Gasteiger partial charge in [-0.15, -0.1) is 11.0 Å². The second-order valence-electron chi connectivity index (χ2n) is 6.23. The second-order valence-corrected chi connectivity index (χ2v) is 8.85. The number of thioether (sulfide) groups is 1. The highest BCUT2D eigenvalue weighted by molar-refractivity contribution is 8.19. The molecule has 0 aliphatic carbocycles. The molecule has 1 aliphatic rings. The van der Waals surface area contributed by atoms with Gasteiger partial charge in [0.1, 0.15) is 5.82 Å². The summed E-state index contributed by atoms with van der Waals surface area (Å²) >= 11 is 0.924. The highest BCUT2D eigenvalue weighted by Crippen LogP contribution is 2.35. The van der Waals surface area contributed by atoms with Gasteiger partial charge in [-0.3, -0.25) is 9.69 Å². The normalized spacial score (nSPS) is 16.7. The number of rotatable bonds is 7. The molecule has 0 saturated carbocycles. The van der Waals surface area contributed by atoms with E-state index in [0.717, 1.165) is 36.0 Å². The van der Waals surface area contributed by atoms with Crippen molar-refractivity contribution in [2.75, 3.05) is 20.8 Å². The Balaban J connectivity index is 1.99. The predicted molar refractivity (Wildman–Crippen MR) is 118 cm³/mol. The van der Waals surface area contributed by atoms with Crippen molar-refractivity contribution in [3.63, 3.8) is 0 Å². The lowest BCUT2D eigenvalue weighted by Gasteiger charge is -2.12. The van der Waals surface area contributed by atoms with Gasteiger partial charge in [0.25, 0.3) is 15.9 Å². The fourth-order valence-corrected chi connectivity index (χ4v) is 4.91. The van der Waals surface area contributed by atoms with Crippen LogP contribution in [-0.4, -0.2) is 45.2 Å². The fourth-order valence-electron chi connectivity index (χ4n) is 2.72. The quantitative estimate of drug-likeness (QED) is 0.461. The van der Waals surface area contributed by atoms with Crippen LogP contribution in [0.5, 0.6) is 11.5 Å². The van der Waals surface area contributed by atoms with Crippen LogP contribution in [0.3, 0.4) is 0 Å². The number of sulfonamides is 1. The van der Waals surface area contributed by atoms with Crippen molar-refractivity contribution < 1.29 is 27.1 Å². The molecular weight excluding hydrogens is 443 g/mol. The summed E-state index contributed by atoms with van der Waals surface area (Å²) in [6, 6.07) is 9.44. The molecule has 2 aromatic rings. The zero-order chi connectivity index (χ0) is 22.6. The Hall–Kier alpha value is -3.11. The lowest BCUT2D eigenvalue weighted by molar-refractivity contribution is -0.121. The third-order valence-electron chi connectivity index (χ3n) is 4.21. The summed E-state index contributed by atoms with van der Waals surface area (Å²) in [4.78, 5) is 14.2. The number of carbonyl (C=O) groups excluding carboxylic acids is 1. The molecule has 0 aromatic heterocycles. The van der Waals surface area contributed by atoms with Crippen LogP contribution in [0.15, 0.2) is 69.3 Å². The van der Waals surface area contributed by atoms with Crippen molar-refractivity contribution in [1.29, 1.82) is 0 Å². The van der Waals surface area contributed by atoms with Crippen LogP contribution < -0.4 is 9.47 Å². The SMILES string of the molecule is C=CCN1C(=O)/C(=C/c2ccc(OC)c(OC)c2)SC1=NS(=O)(=O)c1ccc(F)cc1. The molecule has 7 nitrogen and oxygen atoms in total. The number of methoxy groups -OCH3 is 2. The third-order valence-corrected chi connectivity index (χ3v) is 6.62. The van der Waals surface area contributed by atoms with E-state index >= 15 is 0 Å². The van der Waals surface area contributed by atoms with Crippen molar-refractivity contribution in [2.24, 2.45) is 4.40 Å². The van der Waals surface area contributed by atoms with Gasteiger partial charge in [-0.2, -0.15) is 8.42 Å². The zero-order valence-electron chi connectivity index (χ0n) is 16.7. The number of benzene rings is 2. The highest BCUT2D eigenvalue weighted by atomic mass is 32.2. The average molecular weight is 463 g/mol. The van der Waals surface area contributed by atoms with Gasteiger partial charge < -0.3 is 9.47 Å². The molecule has 2 aromatic carbocycles. The van der Waals surface area contributed by atoms with Crippen molar-refractivity contribution >= 4 is 38.9 Å². The van der Waals surface area contributed by atoms with Crippen molar-refractivity contribution in [1.82, 2.24) is 4.90 Å². The monoisotopic (exact) mass is 462 g/mol. The van der Waals surface area contributed by atoms with Gasteiger partial charge in [0.2, 0.25) is 0 Å². The Bertz CT molecular complexity index is 1170. The number of ether oxygens (including phenoxy) is 2. The molecule has 0 atom stereocenters. The summed E-state index contributed by atoms with van der Waals surface area (Å²) in [5, 5.41) is -0.0130. The van der Waals surface area contributed by atoms with E-state index in [1.165, 1.54) is 25.2 Å². The molecule has 1 saturated heterocycles. The lowest BCUT2D eigenvalue weighted by Crippen LogP contribution is -2.29. The van der Waals surface area contributed by atoms with Gasteiger partial charge in [0.05, 0.1) is 24.0 Å². The summed E-state index contributed by atoms with van der Waals surface area (Å²) in [5.41, 5.74) is 0.662. The smallest absolute Gasteiger partial charge is 0.284 e. The Morgan fingerprint density at radius 3 is 2.42 bits per heavy atom. The van der Waals surface area contributed by atoms with Gasteiger partial charge in [0, 0.05) is 6.54 Å². The van der Waals surface area contributed by atoms with Crippen molar-refractivity contribution in [3.05, 3.63) is 71.4 Å². The Labute approximate surface area is 183 Å². The van der Waals surface area contributed by atoms with Crippen LogP contribution in [0.25, 0.3) is 6.08 Å². The van der Waals surface area contributed by atoms with E-state index in [4.69, 9.17) is 9.47 Å². The molecule has 1 heterocycles. The van der Waals surface area contributed by atoms with Gasteiger partial charge in [-0.25, -0.2) is 4.39 Å². The number of halogens is 1. The van der Waals surface area contributed by atoms with Crippen molar-refractivity contribution in [3.8, 4) is 11.5 Å². The number of amidine groups is 1. The lowest BCUT2D eigenvalue weighted by atomic mass is 10.2. The van der Waals surface area contributed by atoms with Gasteiger partial charge in [0.15, 0.2) is 16.7 Å². The van der Waals surface area contributed by atoms with Crippen LogP contribution in [0, 0.1) is 5.82 Å². The maximum Gasteiger partial charge on any atom is 0.284 e. The molecule has 10 heteroatoms. The largest absolute Gasteiger partial charge is 0.493 e. The molecule has 3 rings (SSSR count). The highest BCUT2D eigenvalue weighted by Gasteiger charge is 2.34. The molecule has 1 aliphatic heterocycles. The molecule has 0 unspecified atom stereocenters. The van der Waals surface area contributed by atoms with Gasteiger partial charge in [-0.05, 0) is 59.8 Å². The summed E-state index contributed by atoms with van der Waals surface area (Å²) in [5.74, 6) is 0.0530. The van der Waals surface area contributed by atoms with Gasteiger partial charge >= 0.3 is 0 Å². The van der Waals surface area contributed by atoms with Crippen LogP contribution >= 0.6 is 11.8 Å². The van der Waals surface area contributed by atoms with Crippen LogP contribution in [0.1, 0.15) is 5.56 Å². The van der Waals surface area contributed by atoms with E-state index in [1.54, 1.807) is 24.3 Å². The fraction of sp³-hybridized carbons (Fsp3) is 0.143. The molecule has 1 fully saturated rings. The van der Waals surface area contributed by atoms with Crippen LogP contribution in [0.4, 0.5) is 4.39 Å². The molecule has 0 N–H and O–H groups in total. The molecule has 0 bridgehead atoms. The van der Waals surface area contributed by atoms with Crippen LogP contribution in [0.2, 0.25) is 0 Å². The first-order valence-electron chi connectivity index (χ1n) is 8.94. The van der Waals surface area contributed by atoms with Gasteiger partial charge in [-0.1, -0.05) is 12.1 Å². The number of hydrogen-bond donors (Lipinski definition) is 0. The minimum absolute atomic E-state index is 0.0130. The minimum Gasteiger partial charge on any atom is -0.493 e. The number of amides is 1. The first kappa shape index (κ1) is 22.6. The van der Waals surface area contributed by atoms with E-state index in [1.807, 2.05) is 0 Å². The van der Waals surface area contributed by atoms with E-state index in [-0.39, 0.29) is 21.5 Å². The Morgan fingerprint density at radius 2 is 1.81 bits per heavy atom. The predicted octanol–water partition coefficient (Wildman–Crippen LogP) is 3.69. The molecule has 31 heavy (non-hydrogen) atoms. The Kier molecular flexibility index (Phi) is 6.81. The standard InChI is InChI=1S/C21H19FN2O5S2/c1-4-11-24-20(25)19(13-14-5-10-17(28-2)18(12-14)29-3)30-21(24)23-31(26,27)16-8-6-15(22)7-9-16/h4-10,12-13H,1,11H2,2-3H3/b19-13-,23-21?. The minimum atomic E-state index is -4.14. The topological polar surface area (TPSA) is 85.3 Å². The average Bonchev–Trinajstić information content (AvgIpc) is 3.02. The zero-order valence-corrected chi connectivity index (χ0v) is 18.4. The molecular formula is C21H19FN2O5S2. The summed E-state index contributed by atoms with van der Waals surface area (Å²) in [7, 11) is -1.12.